The molecule has 1 atom stereocenters. The number of hydrogen-bond acceptors (Lipinski definition) is 3. The maximum absolute atomic E-state index is 5.41. The molecule has 106 valence electrons. The van der Waals surface area contributed by atoms with Crippen LogP contribution in [0.5, 0.6) is 11.5 Å². The number of rotatable bonds is 5. The van der Waals surface area contributed by atoms with Crippen LogP contribution in [0.15, 0.2) is 42.5 Å². The Bertz CT molecular complexity index is 581. The van der Waals surface area contributed by atoms with Crippen molar-refractivity contribution < 1.29 is 9.47 Å². The molecule has 2 rings (SSSR count). The van der Waals surface area contributed by atoms with E-state index in [1.54, 1.807) is 14.2 Å². The second kappa shape index (κ2) is 6.33. The average Bonchev–Trinajstić information content (AvgIpc) is 2.49. The molecule has 0 radical (unpaired) electrons. The first-order valence-electron chi connectivity index (χ1n) is 6.69. The van der Waals surface area contributed by atoms with Crippen LogP contribution in [-0.4, -0.2) is 14.2 Å². The van der Waals surface area contributed by atoms with E-state index in [0.29, 0.717) is 0 Å². The van der Waals surface area contributed by atoms with Crippen LogP contribution in [-0.2, 0) is 0 Å². The molecule has 0 saturated carbocycles. The first kappa shape index (κ1) is 14.3. The van der Waals surface area contributed by atoms with Gasteiger partial charge in [0, 0.05) is 11.3 Å². The molecule has 0 fully saturated rings. The summed E-state index contributed by atoms with van der Waals surface area (Å²) >= 11 is 0. The Morgan fingerprint density at radius 1 is 1.00 bits per heavy atom. The summed E-state index contributed by atoms with van der Waals surface area (Å²) in [6.07, 6.45) is 0. The molecule has 20 heavy (non-hydrogen) atoms. The zero-order valence-electron chi connectivity index (χ0n) is 12.4. The van der Waals surface area contributed by atoms with E-state index in [1.807, 2.05) is 36.4 Å². The molecule has 2 aromatic rings. The number of anilines is 1. The van der Waals surface area contributed by atoms with Crippen molar-refractivity contribution in [3.8, 4) is 11.5 Å². The third kappa shape index (κ3) is 3.05. The minimum Gasteiger partial charge on any atom is -0.497 e. The van der Waals surface area contributed by atoms with Crippen LogP contribution in [0.25, 0.3) is 0 Å². The third-order valence-electron chi connectivity index (χ3n) is 3.41. The fraction of sp³-hybridized carbons (Fsp3) is 0.294. The van der Waals surface area contributed by atoms with Crippen LogP contribution in [0, 0.1) is 6.92 Å². The predicted octanol–water partition coefficient (Wildman–Crippen LogP) is 4.19. The number of nitrogens with one attached hydrogen (secondary N) is 1. The molecule has 0 aliphatic heterocycles. The van der Waals surface area contributed by atoms with Crippen molar-refractivity contribution in [3.63, 3.8) is 0 Å². The van der Waals surface area contributed by atoms with Crippen LogP contribution in [0.4, 0.5) is 5.69 Å². The number of para-hydroxylation sites is 1. The fourth-order valence-electron chi connectivity index (χ4n) is 2.26. The van der Waals surface area contributed by atoms with Crippen molar-refractivity contribution in [1.29, 1.82) is 0 Å². The van der Waals surface area contributed by atoms with E-state index in [4.69, 9.17) is 9.47 Å². The Balaban J connectivity index is 2.21. The molecule has 0 aromatic heterocycles. The molecular formula is C17H21NO2. The first-order valence-corrected chi connectivity index (χ1v) is 6.69. The summed E-state index contributed by atoms with van der Waals surface area (Å²) in [5.74, 6) is 1.77. The van der Waals surface area contributed by atoms with Gasteiger partial charge in [-0.1, -0.05) is 18.2 Å². The average molecular weight is 271 g/mol. The Labute approximate surface area is 120 Å². The summed E-state index contributed by atoms with van der Waals surface area (Å²) in [6.45, 7) is 4.20. The molecule has 0 bridgehead atoms. The monoisotopic (exact) mass is 271 g/mol. The topological polar surface area (TPSA) is 30.5 Å². The van der Waals surface area contributed by atoms with E-state index in [0.717, 1.165) is 28.3 Å². The molecule has 0 aliphatic carbocycles. The maximum Gasteiger partial charge on any atom is 0.124 e. The van der Waals surface area contributed by atoms with Crippen molar-refractivity contribution in [1.82, 2.24) is 0 Å². The quantitative estimate of drug-likeness (QED) is 0.884. The highest BCUT2D eigenvalue weighted by molar-refractivity contribution is 5.55. The fourth-order valence-corrected chi connectivity index (χ4v) is 2.26. The van der Waals surface area contributed by atoms with E-state index < -0.39 is 0 Å². The van der Waals surface area contributed by atoms with E-state index in [-0.39, 0.29) is 6.04 Å². The smallest absolute Gasteiger partial charge is 0.124 e. The third-order valence-corrected chi connectivity index (χ3v) is 3.41. The highest BCUT2D eigenvalue weighted by atomic mass is 16.5. The van der Waals surface area contributed by atoms with Gasteiger partial charge in [0.05, 0.1) is 20.3 Å². The van der Waals surface area contributed by atoms with Crippen LogP contribution >= 0.6 is 0 Å². The Kier molecular flexibility index (Phi) is 4.51. The van der Waals surface area contributed by atoms with Gasteiger partial charge in [-0.15, -0.1) is 0 Å². The minimum absolute atomic E-state index is 0.165. The van der Waals surface area contributed by atoms with Gasteiger partial charge in [0.1, 0.15) is 11.5 Å². The van der Waals surface area contributed by atoms with Gasteiger partial charge in [0.15, 0.2) is 0 Å². The molecule has 3 nitrogen and oxygen atoms in total. The van der Waals surface area contributed by atoms with E-state index in [9.17, 15) is 0 Å². The van der Waals surface area contributed by atoms with Crippen LogP contribution < -0.4 is 14.8 Å². The second-order valence-electron chi connectivity index (χ2n) is 4.79. The van der Waals surface area contributed by atoms with Crippen molar-refractivity contribution in [2.24, 2.45) is 0 Å². The number of ether oxygens (including phenoxy) is 2. The molecule has 2 aromatic carbocycles. The summed E-state index contributed by atoms with van der Waals surface area (Å²) < 4.78 is 10.6. The molecule has 0 amide bonds. The molecular weight excluding hydrogens is 250 g/mol. The number of hydrogen-bond donors (Lipinski definition) is 1. The van der Waals surface area contributed by atoms with E-state index in [2.05, 4.69) is 25.2 Å². The largest absolute Gasteiger partial charge is 0.497 e. The summed E-state index contributed by atoms with van der Waals surface area (Å²) in [5, 5.41) is 3.52. The zero-order valence-corrected chi connectivity index (χ0v) is 12.4. The van der Waals surface area contributed by atoms with Crippen LogP contribution in [0.2, 0.25) is 0 Å². The Morgan fingerprint density at radius 2 is 1.75 bits per heavy atom. The lowest BCUT2D eigenvalue weighted by molar-refractivity contribution is 0.408. The van der Waals surface area contributed by atoms with Gasteiger partial charge in [-0.2, -0.15) is 0 Å². The lowest BCUT2D eigenvalue weighted by Gasteiger charge is -2.20. The minimum atomic E-state index is 0.165. The summed E-state index contributed by atoms with van der Waals surface area (Å²) in [4.78, 5) is 0. The van der Waals surface area contributed by atoms with Gasteiger partial charge in [-0.05, 0) is 43.7 Å². The highest BCUT2D eigenvalue weighted by Gasteiger charge is 2.11. The van der Waals surface area contributed by atoms with Crippen molar-refractivity contribution >= 4 is 5.69 Å². The van der Waals surface area contributed by atoms with Crippen molar-refractivity contribution in [2.45, 2.75) is 19.9 Å². The van der Waals surface area contributed by atoms with Crippen LogP contribution in [0.1, 0.15) is 24.1 Å². The maximum atomic E-state index is 5.41. The van der Waals surface area contributed by atoms with Crippen molar-refractivity contribution in [2.75, 3.05) is 19.5 Å². The van der Waals surface area contributed by atoms with E-state index in [1.165, 1.54) is 0 Å². The number of aryl methyl sites for hydroxylation is 1. The molecule has 0 spiro atoms. The van der Waals surface area contributed by atoms with Gasteiger partial charge in [0.2, 0.25) is 0 Å². The number of benzene rings is 2. The normalized spacial score (nSPS) is 11.8. The molecule has 0 saturated heterocycles. The number of methoxy groups -OCH3 is 2. The molecule has 1 unspecified atom stereocenters. The Morgan fingerprint density at radius 3 is 2.40 bits per heavy atom. The molecule has 0 heterocycles. The molecule has 3 heteroatoms. The second-order valence-corrected chi connectivity index (χ2v) is 4.79. The van der Waals surface area contributed by atoms with Gasteiger partial charge in [0.25, 0.3) is 0 Å². The van der Waals surface area contributed by atoms with Gasteiger partial charge in [-0.25, -0.2) is 0 Å². The summed E-state index contributed by atoms with van der Waals surface area (Å²) in [6, 6.07) is 14.3. The predicted molar refractivity (Wildman–Crippen MR) is 82.8 cm³/mol. The summed E-state index contributed by atoms with van der Waals surface area (Å²) in [7, 11) is 3.38. The lowest BCUT2D eigenvalue weighted by atomic mass is 10.1. The summed E-state index contributed by atoms with van der Waals surface area (Å²) in [5.41, 5.74) is 3.40. The van der Waals surface area contributed by atoms with Crippen molar-refractivity contribution in [3.05, 3.63) is 53.6 Å². The van der Waals surface area contributed by atoms with Gasteiger partial charge in [-0.3, -0.25) is 0 Å². The lowest BCUT2D eigenvalue weighted by Crippen LogP contribution is -2.09. The molecule has 0 aliphatic rings. The first-order chi connectivity index (χ1) is 9.65. The zero-order chi connectivity index (χ0) is 14.5. The van der Waals surface area contributed by atoms with Crippen LogP contribution in [0.3, 0.4) is 0 Å². The van der Waals surface area contributed by atoms with E-state index >= 15 is 0 Å². The highest BCUT2D eigenvalue weighted by Crippen LogP contribution is 2.29. The SMILES string of the molecule is COc1ccc(NC(C)c2ccccc2OC)c(C)c1. The standard InChI is InChI=1S/C17H21NO2/c1-12-11-14(19-3)9-10-16(12)18-13(2)15-7-5-6-8-17(15)20-4/h5-11,13,18H,1-4H3. The van der Waals surface area contributed by atoms with Gasteiger partial charge < -0.3 is 14.8 Å². The Hall–Kier alpha value is -2.16. The van der Waals surface area contributed by atoms with Gasteiger partial charge >= 0.3 is 0 Å². The molecule has 1 N–H and O–H groups in total.